The fourth-order valence-corrected chi connectivity index (χ4v) is 4.70. The van der Waals surface area contributed by atoms with E-state index >= 15 is 0 Å². The van der Waals surface area contributed by atoms with Crippen LogP contribution in [0.5, 0.6) is 5.75 Å². The Hall–Kier alpha value is -1.64. The summed E-state index contributed by atoms with van der Waals surface area (Å²) in [5, 5.41) is 0. The summed E-state index contributed by atoms with van der Waals surface area (Å²) >= 11 is 0. The number of benzene rings is 1. The fourth-order valence-electron chi connectivity index (χ4n) is 4.70. The van der Waals surface area contributed by atoms with E-state index in [0.717, 1.165) is 43.1 Å². The van der Waals surface area contributed by atoms with Crippen LogP contribution in [0.2, 0.25) is 0 Å². The van der Waals surface area contributed by atoms with Crippen LogP contribution in [0.15, 0.2) is 30.9 Å². The second-order valence-electron chi connectivity index (χ2n) is 7.74. The summed E-state index contributed by atoms with van der Waals surface area (Å²) in [5.74, 6) is 0.659. The first-order valence-corrected chi connectivity index (χ1v) is 10.0. The standard InChI is InChI=1S/C23H30F2O/c1-3-5-16-6-8-17(9-7-16)18-10-12-19(13-11-18)20-14-15-21(26-4-2)23(25)22(20)24/h3,12,14-18H,1,4-11,13H2,2H3. The van der Waals surface area contributed by atoms with Gasteiger partial charge in [0.15, 0.2) is 11.6 Å². The predicted octanol–water partition coefficient (Wildman–Crippen LogP) is 6.93. The van der Waals surface area contributed by atoms with Crippen LogP contribution in [0.1, 0.15) is 63.9 Å². The highest BCUT2D eigenvalue weighted by molar-refractivity contribution is 5.67. The van der Waals surface area contributed by atoms with Crippen molar-refractivity contribution in [3.8, 4) is 5.75 Å². The first kappa shape index (κ1) is 19.1. The van der Waals surface area contributed by atoms with Crippen LogP contribution in [-0.4, -0.2) is 6.61 Å². The lowest BCUT2D eigenvalue weighted by Gasteiger charge is -2.35. The zero-order valence-corrected chi connectivity index (χ0v) is 15.8. The van der Waals surface area contributed by atoms with Gasteiger partial charge in [0.2, 0.25) is 5.82 Å². The highest BCUT2D eigenvalue weighted by Crippen LogP contribution is 2.42. The summed E-state index contributed by atoms with van der Waals surface area (Å²) in [4.78, 5) is 0. The van der Waals surface area contributed by atoms with E-state index in [1.807, 2.05) is 6.08 Å². The second-order valence-corrected chi connectivity index (χ2v) is 7.74. The Kier molecular flexibility index (Phi) is 6.50. The van der Waals surface area contributed by atoms with E-state index in [9.17, 15) is 8.78 Å². The van der Waals surface area contributed by atoms with Crippen LogP contribution < -0.4 is 4.74 Å². The van der Waals surface area contributed by atoms with E-state index in [1.165, 1.54) is 25.7 Å². The van der Waals surface area contributed by atoms with Gasteiger partial charge in [0.25, 0.3) is 0 Å². The lowest BCUT2D eigenvalue weighted by Crippen LogP contribution is -2.23. The van der Waals surface area contributed by atoms with Crippen molar-refractivity contribution in [1.82, 2.24) is 0 Å². The summed E-state index contributed by atoms with van der Waals surface area (Å²) in [5.41, 5.74) is 1.35. The molecule has 1 aromatic rings. The molecule has 3 heteroatoms. The van der Waals surface area contributed by atoms with Crippen molar-refractivity contribution in [3.05, 3.63) is 48.1 Å². The molecule has 2 aliphatic carbocycles. The van der Waals surface area contributed by atoms with Crippen molar-refractivity contribution in [1.29, 1.82) is 0 Å². The molecule has 1 saturated carbocycles. The van der Waals surface area contributed by atoms with Crippen LogP contribution in [-0.2, 0) is 0 Å². The Morgan fingerprint density at radius 3 is 2.46 bits per heavy atom. The number of halogens is 2. The van der Waals surface area contributed by atoms with Crippen LogP contribution >= 0.6 is 0 Å². The number of ether oxygens (including phenoxy) is 1. The lowest BCUT2D eigenvalue weighted by atomic mass is 9.70. The minimum Gasteiger partial charge on any atom is -0.491 e. The van der Waals surface area contributed by atoms with E-state index in [-0.39, 0.29) is 5.75 Å². The Balaban J connectivity index is 1.63. The molecule has 0 aromatic heterocycles. The second kappa shape index (κ2) is 8.83. The summed E-state index contributed by atoms with van der Waals surface area (Å²) in [6.45, 7) is 5.95. The first-order valence-electron chi connectivity index (χ1n) is 10.0. The van der Waals surface area contributed by atoms with E-state index < -0.39 is 11.6 Å². The predicted molar refractivity (Wildman–Crippen MR) is 103 cm³/mol. The normalized spacial score (nSPS) is 26.3. The zero-order chi connectivity index (χ0) is 18.5. The zero-order valence-electron chi connectivity index (χ0n) is 15.8. The van der Waals surface area contributed by atoms with Gasteiger partial charge in [0.05, 0.1) is 6.61 Å². The molecule has 1 fully saturated rings. The van der Waals surface area contributed by atoms with Crippen LogP contribution in [0.3, 0.4) is 0 Å². The summed E-state index contributed by atoms with van der Waals surface area (Å²) in [7, 11) is 0. The third kappa shape index (κ3) is 4.19. The van der Waals surface area contributed by atoms with Crippen molar-refractivity contribution >= 4 is 5.57 Å². The van der Waals surface area contributed by atoms with Gasteiger partial charge in [0, 0.05) is 5.56 Å². The minimum atomic E-state index is -0.868. The van der Waals surface area contributed by atoms with Crippen molar-refractivity contribution in [2.45, 2.75) is 58.3 Å². The number of hydrogen-bond acceptors (Lipinski definition) is 1. The molecule has 1 nitrogen and oxygen atoms in total. The molecule has 2 aliphatic rings. The quantitative estimate of drug-likeness (QED) is 0.500. The largest absolute Gasteiger partial charge is 0.491 e. The summed E-state index contributed by atoms with van der Waals surface area (Å²) in [6.07, 6.45) is 13.5. The molecule has 0 radical (unpaired) electrons. The molecule has 0 aliphatic heterocycles. The maximum absolute atomic E-state index is 14.4. The van der Waals surface area contributed by atoms with Crippen LogP contribution in [0.25, 0.3) is 5.57 Å². The van der Waals surface area contributed by atoms with Crippen LogP contribution in [0.4, 0.5) is 8.78 Å². The Morgan fingerprint density at radius 1 is 1.08 bits per heavy atom. The molecule has 3 rings (SSSR count). The monoisotopic (exact) mass is 360 g/mol. The van der Waals surface area contributed by atoms with Gasteiger partial charge in [-0.15, -0.1) is 6.58 Å². The smallest absolute Gasteiger partial charge is 0.201 e. The van der Waals surface area contributed by atoms with Gasteiger partial charge in [-0.25, -0.2) is 4.39 Å². The van der Waals surface area contributed by atoms with Gasteiger partial charge in [-0.05, 0) is 93.7 Å². The Bertz CT molecular complexity index is 656. The number of rotatable bonds is 6. The molecule has 1 unspecified atom stereocenters. The van der Waals surface area contributed by atoms with E-state index in [1.54, 1.807) is 19.1 Å². The molecule has 1 atom stereocenters. The SMILES string of the molecule is C=CCC1CCC(C2CC=C(c3ccc(OCC)c(F)c3F)CC2)CC1. The lowest BCUT2D eigenvalue weighted by molar-refractivity contribution is 0.195. The van der Waals surface area contributed by atoms with E-state index in [2.05, 4.69) is 12.7 Å². The topological polar surface area (TPSA) is 9.23 Å². The molecule has 0 heterocycles. The van der Waals surface area contributed by atoms with Gasteiger partial charge in [-0.2, -0.15) is 4.39 Å². The molecule has 0 N–H and O–H groups in total. The molecule has 142 valence electrons. The minimum absolute atomic E-state index is 0.000630. The average molecular weight is 360 g/mol. The van der Waals surface area contributed by atoms with Crippen molar-refractivity contribution in [2.75, 3.05) is 6.61 Å². The summed E-state index contributed by atoms with van der Waals surface area (Å²) < 4.78 is 33.7. The molecule has 0 amide bonds. The first-order chi connectivity index (χ1) is 12.6. The molecule has 0 bridgehead atoms. The number of allylic oxidation sites excluding steroid dienone is 3. The van der Waals surface area contributed by atoms with Gasteiger partial charge in [-0.3, -0.25) is 0 Å². The Labute approximate surface area is 156 Å². The fraction of sp³-hybridized carbons (Fsp3) is 0.565. The third-order valence-corrected chi connectivity index (χ3v) is 6.20. The van der Waals surface area contributed by atoms with Crippen molar-refractivity contribution in [2.24, 2.45) is 17.8 Å². The molecular formula is C23H30F2O. The van der Waals surface area contributed by atoms with Gasteiger partial charge in [-0.1, -0.05) is 12.2 Å². The van der Waals surface area contributed by atoms with E-state index in [4.69, 9.17) is 4.74 Å². The Morgan fingerprint density at radius 2 is 1.85 bits per heavy atom. The average Bonchev–Trinajstić information content (AvgIpc) is 2.67. The molecule has 0 spiro atoms. The van der Waals surface area contributed by atoms with Gasteiger partial charge >= 0.3 is 0 Å². The maximum Gasteiger partial charge on any atom is 0.201 e. The highest BCUT2D eigenvalue weighted by Gasteiger charge is 2.29. The number of hydrogen-bond donors (Lipinski definition) is 0. The maximum atomic E-state index is 14.4. The van der Waals surface area contributed by atoms with Gasteiger partial charge in [0.1, 0.15) is 0 Å². The highest BCUT2D eigenvalue weighted by atomic mass is 19.2. The summed E-state index contributed by atoms with van der Waals surface area (Å²) in [6, 6.07) is 3.21. The molecular weight excluding hydrogens is 330 g/mol. The molecule has 1 aromatic carbocycles. The molecule has 0 saturated heterocycles. The van der Waals surface area contributed by atoms with E-state index in [0.29, 0.717) is 18.1 Å². The third-order valence-electron chi connectivity index (χ3n) is 6.20. The van der Waals surface area contributed by atoms with Crippen molar-refractivity contribution in [3.63, 3.8) is 0 Å². The van der Waals surface area contributed by atoms with Crippen LogP contribution in [0, 0.1) is 29.4 Å². The van der Waals surface area contributed by atoms with Crippen molar-refractivity contribution < 1.29 is 13.5 Å². The molecule has 26 heavy (non-hydrogen) atoms. The van der Waals surface area contributed by atoms with Gasteiger partial charge < -0.3 is 4.74 Å².